The van der Waals surface area contributed by atoms with Gasteiger partial charge in [0, 0.05) is 30.3 Å². The van der Waals surface area contributed by atoms with Gasteiger partial charge >= 0.3 is 0 Å². The van der Waals surface area contributed by atoms with E-state index >= 15 is 0 Å². The van der Waals surface area contributed by atoms with E-state index in [-0.39, 0.29) is 34.8 Å². The van der Waals surface area contributed by atoms with Crippen molar-refractivity contribution in [3.05, 3.63) is 72.3 Å². The number of carbonyl (C=O) groups is 1. The Hall–Kier alpha value is -4.22. The monoisotopic (exact) mass is 547 g/mol. The summed E-state index contributed by atoms with van der Waals surface area (Å²) in [5, 5.41) is 6.34. The molecule has 0 bridgehead atoms. The van der Waals surface area contributed by atoms with Crippen molar-refractivity contribution >= 4 is 44.2 Å². The maximum atomic E-state index is 13.5. The number of fused-ring (bicyclic) bond motifs is 1. The van der Waals surface area contributed by atoms with Gasteiger partial charge in [-0.3, -0.25) is 9.52 Å². The van der Waals surface area contributed by atoms with Crippen LogP contribution in [0.5, 0.6) is 11.5 Å². The zero-order chi connectivity index (χ0) is 27.4. The van der Waals surface area contributed by atoms with Crippen molar-refractivity contribution in [2.75, 3.05) is 30.8 Å². The largest absolute Gasteiger partial charge is 0.497 e. The molecular formula is C28H29N5O5S. The van der Waals surface area contributed by atoms with Gasteiger partial charge in [0.15, 0.2) is 17.4 Å². The van der Waals surface area contributed by atoms with Gasteiger partial charge in [0.2, 0.25) is 0 Å². The molecule has 1 aromatic heterocycles. The number of nitrogens with zero attached hydrogens (tertiary/aromatic N) is 2. The van der Waals surface area contributed by atoms with Crippen LogP contribution in [0.4, 0.5) is 17.3 Å². The number of hydrogen-bond acceptors (Lipinski definition) is 9. The second-order valence-electron chi connectivity index (χ2n) is 9.18. The molecule has 1 aliphatic heterocycles. The normalized spacial score (nSPS) is 15.2. The number of carbonyl (C=O) groups excluding carboxylic acids is 1. The van der Waals surface area contributed by atoms with Crippen LogP contribution in [0.1, 0.15) is 18.4 Å². The van der Waals surface area contributed by atoms with E-state index in [1.54, 1.807) is 62.8 Å². The van der Waals surface area contributed by atoms with Crippen LogP contribution in [0, 0.1) is 0 Å². The first-order chi connectivity index (χ1) is 18.8. The lowest BCUT2D eigenvalue weighted by molar-refractivity contribution is -0.120. The summed E-state index contributed by atoms with van der Waals surface area (Å²) in [6.45, 7) is 0.820. The Labute approximate surface area is 226 Å². The molecular weight excluding hydrogens is 518 g/mol. The quantitative estimate of drug-likeness (QED) is 0.269. The number of nitrogens with one attached hydrogen (secondary N) is 3. The zero-order valence-electron chi connectivity index (χ0n) is 21.6. The maximum Gasteiger partial charge on any atom is 0.263 e. The van der Waals surface area contributed by atoms with Gasteiger partial charge in [-0.15, -0.1) is 0 Å². The van der Waals surface area contributed by atoms with Crippen molar-refractivity contribution in [1.82, 2.24) is 15.3 Å². The standard InChI is InChI=1S/C28H29N5O5S/c1-37-20-15-19(16-21(17-20)38-2)30-27-28(32-24-10-4-3-9-23(24)31-27)33-39(35,36)22-8-5-7-18(13-22)14-26(34)25-11-6-12-29-25/h3-5,7-10,13,15-17,25,29H,6,11-12,14H2,1-2H3,(H,30,31)(H,32,33)/t25-/m1/s1. The summed E-state index contributed by atoms with van der Waals surface area (Å²) in [6, 6.07) is 18.6. The number of para-hydroxylation sites is 2. The van der Waals surface area contributed by atoms with Gasteiger partial charge < -0.3 is 20.1 Å². The lowest BCUT2D eigenvalue weighted by Gasteiger charge is -2.15. The number of ether oxygens (including phenoxy) is 2. The lowest BCUT2D eigenvalue weighted by atomic mass is 10.0. The molecule has 4 aromatic rings. The van der Waals surface area contributed by atoms with E-state index < -0.39 is 10.0 Å². The third-order valence-electron chi connectivity index (χ3n) is 6.45. The van der Waals surface area contributed by atoms with Crippen LogP contribution in [0.25, 0.3) is 11.0 Å². The summed E-state index contributed by atoms with van der Waals surface area (Å²) in [4.78, 5) is 21.8. The Bertz CT molecular complexity index is 1600. The third-order valence-corrected chi connectivity index (χ3v) is 7.79. The Morgan fingerprint density at radius 2 is 1.64 bits per heavy atom. The highest BCUT2D eigenvalue weighted by Gasteiger charge is 2.23. The molecule has 39 heavy (non-hydrogen) atoms. The first-order valence-electron chi connectivity index (χ1n) is 12.5. The molecule has 0 unspecified atom stereocenters. The highest BCUT2D eigenvalue weighted by molar-refractivity contribution is 7.92. The SMILES string of the molecule is COc1cc(Nc2nc3ccccc3nc2NS(=O)(=O)c2cccc(CC(=O)[C@H]3CCCN3)c2)cc(OC)c1. The molecule has 1 aliphatic rings. The van der Waals surface area contributed by atoms with Crippen molar-refractivity contribution in [2.24, 2.45) is 0 Å². The maximum absolute atomic E-state index is 13.5. The van der Waals surface area contributed by atoms with E-state index in [9.17, 15) is 13.2 Å². The van der Waals surface area contributed by atoms with Crippen LogP contribution in [-0.2, 0) is 21.2 Å². The topological polar surface area (TPSA) is 132 Å². The number of ketones is 1. The summed E-state index contributed by atoms with van der Waals surface area (Å²) < 4.78 is 40.3. The molecule has 5 rings (SSSR count). The van der Waals surface area contributed by atoms with Crippen LogP contribution >= 0.6 is 0 Å². The summed E-state index contributed by atoms with van der Waals surface area (Å²) in [5.74, 6) is 1.37. The summed E-state index contributed by atoms with van der Waals surface area (Å²) >= 11 is 0. The first-order valence-corrected chi connectivity index (χ1v) is 14.0. The van der Waals surface area contributed by atoms with Crippen molar-refractivity contribution in [1.29, 1.82) is 0 Å². The predicted molar refractivity (Wildman–Crippen MR) is 149 cm³/mol. The zero-order valence-corrected chi connectivity index (χ0v) is 22.4. The van der Waals surface area contributed by atoms with Gasteiger partial charge in [0.25, 0.3) is 10.0 Å². The van der Waals surface area contributed by atoms with E-state index in [4.69, 9.17) is 9.47 Å². The van der Waals surface area contributed by atoms with Gasteiger partial charge in [-0.2, -0.15) is 0 Å². The minimum Gasteiger partial charge on any atom is -0.497 e. The molecule has 3 aromatic carbocycles. The lowest BCUT2D eigenvalue weighted by Crippen LogP contribution is -2.31. The Morgan fingerprint density at radius 3 is 2.28 bits per heavy atom. The molecule has 11 heteroatoms. The van der Waals surface area contributed by atoms with E-state index in [0.717, 1.165) is 19.4 Å². The molecule has 0 spiro atoms. The first kappa shape index (κ1) is 26.4. The van der Waals surface area contributed by atoms with Gasteiger partial charge in [-0.1, -0.05) is 24.3 Å². The number of anilines is 3. The number of hydrogen-bond donors (Lipinski definition) is 3. The second kappa shape index (κ2) is 11.3. The van der Waals surface area contributed by atoms with Crippen molar-refractivity contribution in [2.45, 2.75) is 30.2 Å². The average Bonchev–Trinajstić information content (AvgIpc) is 3.48. The van der Waals surface area contributed by atoms with Crippen molar-refractivity contribution in [3.8, 4) is 11.5 Å². The van der Waals surface area contributed by atoms with Crippen molar-refractivity contribution in [3.63, 3.8) is 0 Å². The molecule has 1 atom stereocenters. The molecule has 1 fully saturated rings. The smallest absolute Gasteiger partial charge is 0.263 e. The van der Waals surface area contributed by atoms with E-state index in [0.29, 0.717) is 33.8 Å². The number of aromatic nitrogens is 2. The van der Waals surface area contributed by atoms with Gasteiger partial charge in [0.1, 0.15) is 11.5 Å². The Morgan fingerprint density at radius 1 is 0.949 bits per heavy atom. The van der Waals surface area contributed by atoms with Crippen LogP contribution in [0.3, 0.4) is 0 Å². The van der Waals surface area contributed by atoms with E-state index in [2.05, 4.69) is 25.3 Å². The molecule has 202 valence electrons. The summed E-state index contributed by atoms with van der Waals surface area (Å²) in [6.07, 6.45) is 1.91. The number of rotatable bonds is 10. The van der Waals surface area contributed by atoms with Crippen LogP contribution < -0.4 is 24.8 Å². The van der Waals surface area contributed by atoms with E-state index in [1.165, 1.54) is 12.1 Å². The number of benzene rings is 3. The van der Waals surface area contributed by atoms with Crippen LogP contribution in [0.2, 0.25) is 0 Å². The molecule has 0 aliphatic carbocycles. The Kier molecular flexibility index (Phi) is 7.62. The number of Topliss-reactive ketones (excluding diaryl/α,β-unsaturated/α-hetero) is 1. The highest BCUT2D eigenvalue weighted by Crippen LogP contribution is 2.31. The Balaban J connectivity index is 1.47. The van der Waals surface area contributed by atoms with Crippen LogP contribution in [-0.4, -0.2) is 51.0 Å². The third kappa shape index (κ3) is 6.10. The van der Waals surface area contributed by atoms with Gasteiger partial charge in [-0.05, 0) is 49.2 Å². The number of sulfonamides is 1. The van der Waals surface area contributed by atoms with Crippen LogP contribution in [0.15, 0.2) is 71.6 Å². The molecule has 2 heterocycles. The molecule has 10 nitrogen and oxygen atoms in total. The minimum absolute atomic E-state index is 0.0205. The van der Waals surface area contributed by atoms with Gasteiger partial charge in [0.05, 0.1) is 36.2 Å². The summed E-state index contributed by atoms with van der Waals surface area (Å²) in [7, 11) is -0.985. The minimum atomic E-state index is -4.07. The molecule has 0 saturated carbocycles. The van der Waals surface area contributed by atoms with E-state index in [1.807, 2.05) is 6.07 Å². The molecule has 0 amide bonds. The molecule has 3 N–H and O–H groups in total. The molecule has 0 radical (unpaired) electrons. The number of methoxy groups -OCH3 is 2. The van der Waals surface area contributed by atoms with Gasteiger partial charge in [-0.25, -0.2) is 18.4 Å². The fourth-order valence-corrected chi connectivity index (χ4v) is 5.55. The second-order valence-corrected chi connectivity index (χ2v) is 10.9. The fraction of sp³-hybridized carbons (Fsp3) is 0.250. The van der Waals surface area contributed by atoms with Crippen molar-refractivity contribution < 1.29 is 22.7 Å². The highest BCUT2D eigenvalue weighted by atomic mass is 32.2. The fourth-order valence-electron chi connectivity index (χ4n) is 4.47. The predicted octanol–water partition coefficient (Wildman–Crippen LogP) is 4.06. The summed E-state index contributed by atoms with van der Waals surface area (Å²) in [5.41, 5.74) is 2.30. The average molecular weight is 548 g/mol. The molecule has 1 saturated heterocycles.